The van der Waals surface area contributed by atoms with Gasteiger partial charge in [0, 0.05) is 24.7 Å². The molecule has 1 unspecified atom stereocenters. The summed E-state index contributed by atoms with van der Waals surface area (Å²) in [6.07, 6.45) is 0.525. The van der Waals surface area contributed by atoms with Gasteiger partial charge in [0.25, 0.3) is 0 Å². The lowest BCUT2D eigenvalue weighted by Gasteiger charge is -2.16. The van der Waals surface area contributed by atoms with Gasteiger partial charge in [-0.3, -0.25) is 0 Å². The van der Waals surface area contributed by atoms with Gasteiger partial charge >= 0.3 is 5.97 Å². The summed E-state index contributed by atoms with van der Waals surface area (Å²) in [5.41, 5.74) is -0.0754. The van der Waals surface area contributed by atoms with Crippen molar-refractivity contribution >= 4 is 31.9 Å². The van der Waals surface area contributed by atoms with E-state index in [1.807, 2.05) is 0 Å². The zero-order valence-electron chi connectivity index (χ0n) is 10.7. The van der Waals surface area contributed by atoms with E-state index in [-0.39, 0.29) is 23.1 Å². The minimum absolute atomic E-state index is 0.0187. The molecule has 1 fully saturated rings. The van der Waals surface area contributed by atoms with Gasteiger partial charge in [-0.05, 0) is 40.5 Å². The average Bonchev–Trinajstić information content (AvgIpc) is 2.88. The van der Waals surface area contributed by atoms with Crippen LogP contribution in [0.3, 0.4) is 0 Å². The second-order valence-corrected chi connectivity index (χ2v) is 7.25. The molecule has 0 saturated carbocycles. The first-order chi connectivity index (χ1) is 9.36. The maximum absolute atomic E-state index is 12.4. The summed E-state index contributed by atoms with van der Waals surface area (Å²) in [5, 5.41) is 9.04. The van der Waals surface area contributed by atoms with Gasteiger partial charge in [-0.1, -0.05) is 0 Å². The number of nitrogens with zero attached hydrogens (tertiary/aromatic N) is 1. The van der Waals surface area contributed by atoms with E-state index in [4.69, 9.17) is 9.84 Å². The highest BCUT2D eigenvalue weighted by atomic mass is 79.9. The molecule has 0 bridgehead atoms. The fraction of sp³-hybridized carbons (Fsp3) is 0.417. The maximum atomic E-state index is 12.4. The summed E-state index contributed by atoms with van der Waals surface area (Å²) in [4.78, 5) is 11.0. The van der Waals surface area contributed by atoms with E-state index in [0.717, 1.165) is 0 Å². The molecule has 1 saturated heterocycles. The molecule has 1 aromatic carbocycles. The summed E-state index contributed by atoms with van der Waals surface area (Å²) >= 11 is 3.09. The topological polar surface area (TPSA) is 83.9 Å². The predicted octanol–water partition coefficient (Wildman–Crippen LogP) is 1.56. The second-order valence-electron chi connectivity index (χ2n) is 4.46. The Labute approximate surface area is 125 Å². The summed E-state index contributed by atoms with van der Waals surface area (Å²) in [7, 11) is -2.14. The Morgan fingerprint density at radius 1 is 1.50 bits per heavy atom. The van der Waals surface area contributed by atoms with Crippen molar-refractivity contribution in [2.75, 3.05) is 20.2 Å². The normalized spacial score (nSPS) is 20.2. The Balaban J connectivity index is 2.35. The molecule has 0 spiro atoms. The molecule has 1 aromatic rings. The minimum atomic E-state index is -3.69. The van der Waals surface area contributed by atoms with Crippen molar-refractivity contribution in [3.05, 3.63) is 28.2 Å². The number of halogens is 1. The van der Waals surface area contributed by atoms with Crippen LogP contribution in [-0.2, 0) is 14.8 Å². The third-order valence-electron chi connectivity index (χ3n) is 3.25. The number of sulfonamides is 1. The minimum Gasteiger partial charge on any atom is -0.478 e. The van der Waals surface area contributed by atoms with Crippen LogP contribution in [0.5, 0.6) is 0 Å². The molecular formula is C12H14BrNO5S. The molecule has 1 N–H and O–H groups in total. The number of carboxylic acids is 1. The van der Waals surface area contributed by atoms with Crippen LogP contribution < -0.4 is 0 Å². The predicted molar refractivity (Wildman–Crippen MR) is 75.3 cm³/mol. The number of benzene rings is 1. The molecule has 20 heavy (non-hydrogen) atoms. The largest absolute Gasteiger partial charge is 0.478 e. The Morgan fingerprint density at radius 2 is 2.20 bits per heavy atom. The lowest BCUT2D eigenvalue weighted by atomic mass is 10.2. The van der Waals surface area contributed by atoms with Crippen LogP contribution in [0, 0.1) is 0 Å². The first-order valence-electron chi connectivity index (χ1n) is 5.92. The molecule has 2 rings (SSSR count). The van der Waals surface area contributed by atoms with Gasteiger partial charge in [-0.15, -0.1) is 0 Å². The number of hydrogen-bond acceptors (Lipinski definition) is 4. The highest BCUT2D eigenvalue weighted by Gasteiger charge is 2.33. The van der Waals surface area contributed by atoms with Gasteiger partial charge in [0.1, 0.15) is 0 Å². The van der Waals surface area contributed by atoms with Gasteiger partial charge in [0.05, 0.1) is 16.6 Å². The van der Waals surface area contributed by atoms with Crippen LogP contribution in [0.4, 0.5) is 0 Å². The zero-order valence-corrected chi connectivity index (χ0v) is 13.1. The van der Waals surface area contributed by atoms with E-state index in [0.29, 0.717) is 17.4 Å². The molecule has 1 atom stereocenters. The summed E-state index contributed by atoms with van der Waals surface area (Å²) in [6, 6.07) is 3.99. The van der Waals surface area contributed by atoms with Gasteiger partial charge in [-0.2, -0.15) is 4.31 Å². The monoisotopic (exact) mass is 363 g/mol. The molecular weight excluding hydrogens is 350 g/mol. The third kappa shape index (κ3) is 2.88. The molecule has 0 aliphatic carbocycles. The lowest BCUT2D eigenvalue weighted by Crippen LogP contribution is -2.30. The van der Waals surface area contributed by atoms with Crippen LogP contribution in [0.2, 0.25) is 0 Å². The van der Waals surface area contributed by atoms with E-state index >= 15 is 0 Å². The molecule has 0 aromatic heterocycles. The van der Waals surface area contributed by atoms with E-state index in [9.17, 15) is 13.2 Å². The Morgan fingerprint density at radius 3 is 2.75 bits per heavy atom. The van der Waals surface area contributed by atoms with E-state index in [1.165, 1.54) is 22.5 Å². The number of carbonyl (C=O) groups is 1. The lowest BCUT2D eigenvalue weighted by molar-refractivity contribution is 0.0695. The van der Waals surface area contributed by atoms with E-state index in [2.05, 4.69) is 15.9 Å². The fourth-order valence-corrected chi connectivity index (χ4v) is 4.02. The fourth-order valence-electron chi connectivity index (χ4n) is 2.09. The van der Waals surface area contributed by atoms with Crippen LogP contribution in [0.15, 0.2) is 27.6 Å². The quantitative estimate of drug-likeness (QED) is 0.877. The van der Waals surface area contributed by atoms with Gasteiger partial charge in [0.2, 0.25) is 10.0 Å². The average molecular weight is 364 g/mol. The smallest absolute Gasteiger partial charge is 0.336 e. The first kappa shape index (κ1) is 15.4. The van der Waals surface area contributed by atoms with Gasteiger partial charge in [0.15, 0.2) is 0 Å². The molecule has 6 nitrogen and oxygen atoms in total. The number of ether oxygens (including phenoxy) is 1. The molecule has 8 heteroatoms. The van der Waals surface area contributed by atoms with Gasteiger partial charge in [-0.25, -0.2) is 13.2 Å². The number of methoxy groups -OCH3 is 1. The second kappa shape index (κ2) is 5.80. The SMILES string of the molecule is COC1CCN(S(=O)(=O)c2ccc(Br)c(C(=O)O)c2)C1. The Hall–Kier alpha value is -0.960. The highest BCUT2D eigenvalue weighted by molar-refractivity contribution is 9.10. The van der Waals surface area contributed by atoms with Gasteiger partial charge < -0.3 is 9.84 Å². The van der Waals surface area contributed by atoms with E-state index < -0.39 is 16.0 Å². The molecule has 1 heterocycles. The molecule has 1 aliphatic rings. The number of aromatic carboxylic acids is 1. The molecule has 0 amide bonds. The van der Waals surface area contributed by atoms with Crippen molar-refractivity contribution in [3.63, 3.8) is 0 Å². The summed E-state index contributed by atoms with van der Waals surface area (Å²) in [5.74, 6) is -1.18. The standard InChI is InChI=1S/C12H14BrNO5S/c1-19-8-4-5-14(7-8)20(17,18)9-2-3-11(13)10(6-9)12(15)16/h2-3,6,8H,4-5,7H2,1H3,(H,15,16). The molecule has 1 aliphatic heterocycles. The van der Waals surface area contributed by atoms with Crippen molar-refractivity contribution in [3.8, 4) is 0 Å². The maximum Gasteiger partial charge on any atom is 0.336 e. The van der Waals surface area contributed by atoms with E-state index in [1.54, 1.807) is 7.11 Å². The third-order valence-corrected chi connectivity index (χ3v) is 5.80. The molecule has 110 valence electrons. The van der Waals surface area contributed by atoms with Crippen molar-refractivity contribution < 1.29 is 23.1 Å². The van der Waals surface area contributed by atoms with Crippen LogP contribution in [0.1, 0.15) is 16.8 Å². The Bertz CT molecular complexity index is 631. The summed E-state index contributed by atoms with van der Waals surface area (Å²) < 4.78 is 31.7. The van der Waals surface area contributed by atoms with Crippen LogP contribution in [0.25, 0.3) is 0 Å². The number of rotatable bonds is 4. The number of hydrogen-bond donors (Lipinski definition) is 1. The highest BCUT2D eigenvalue weighted by Crippen LogP contribution is 2.26. The van der Waals surface area contributed by atoms with Crippen molar-refractivity contribution in [1.29, 1.82) is 0 Å². The number of carboxylic acid groups (broad SMARTS) is 1. The van der Waals surface area contributed by atoms with Crippen molar-refractivity contribution in [1.82, 2.24) is 4.31 Å². The zero-order chi connectivity index (χ0) is 14.9. The van der Waals surface area contributed by atoms with Crippen LogP contribution >= 0.6 is 15.9 Å². The van der Waals surface area contributed by atoms with Crippen molar-refractivity contribution in [2.24, 2.45) is 0 Å². The summed E-state index contributed by atoms with van der Waals surface area (Å²) in [6.45, 7) is 0.663. The van der Waals surface area contributed by atoms with Crippen molar-refractivity contribution in [2.45, 2.75) is 17.4 Å². The Kier molecular flexibility index (Phi) is 4.48. The first-order valence-corrected chi connectivity index (χ1v) is 8.15. The molecule has 0 radical (unpaired) electrons. The van der Waals surface area contributed by atoms with Crippen LogP contribution in [-0.4, -0.2) is 50.1 Å².